The SMILES string of the molecule is c1ccc(-c2nc(-c3cc4ccccc4c4oc5ccc(N(c6ccccc6)c6ccccc6)cc5c34)nc3ccccc23)cc1. The highest BCUT2D eigenvalue weighted by molar-refractivity contribution is 6.21. The van der Waals surface area contributed by atoms with Gasteiger partial charge in [0.25, 0.3) is 0 Å². The van der Waals surface area contributed by atoms with E-state index in [2.05, 4.69) is 138 Å². The molecule has 0 aliphatic heterocycles. The molecule has 0 saturated heterocycles. The van der Waals surface area contributed by atoms with Crippen molar-refractivity contribution >= 4 is 60.7 Å². The maximum absolute atomic E-state index is 6.70. The van der Waals surface area contributed by atoms with Gasteiger partial charge in [0.1, 0.15) is 11.2 Å². The van der Waals surface area contributed by atoms with Crippen LogP contribution in [0.25, 0.3) is 66.3 Å². The average Bonchev–Trinajstić information content (AvgIpc) is 3.52. The fourth-order valence-electron chi connectivity index (χ4n) is 6.53. The predicted molar refractivity (Wildman–Crippen MR) is 190 cm³/mol. The van der Waals surface area contributed by atoms with Crippen molar-refractivity contribution < 1.29 is 4.42 Å². The molecule has 0 spiro atoms. The first-order valence-electron chi connectivity index (χ1n) is 15.4. The number of benzene rings is 7. The zero-order valence-electron chi connectivity index (χ0n) is 24.8. The fourth-order valence-corrected chi connectivity index (χ4v) is 6.53. The zero-order valence-corrected chi connectivity index (χ0v) is 24.8. The second-order valence-corrected chi connectivity index (χ2v) is 11.4. The molecular weight excluding hydrogens is 562 g/mol. The molecule has 2 aromatic heterocycles. The van der Waals surface area contributed by atoms with Crippen LogP contribution in [0.15, 0.2) is 168 Å². The first kappa shape index (κ1) is 26.2. The monoisotopic (exact) mass is 589 g/mol. The first-order valence-corrected chi connectivity index (χ1v) is 15.4. The van der Waals surface area contributed by atoms with E-state index in [-0.39, 0.29) is 0 Å². The lowest BCUT2D eigenvalue weighted by atomic mass is 9.98. The standard InChI is InChI=1S/C42H27N3O/c1-4-14-28(15-5-1)40-34-22-12-13-23-37(34)43-42(44-40)36-26-29-16-10-11-21-33(29)41-39(36)35-27-32(24-25-38(35)46-41)45(30-17-6-2-7-18-30)31-19-8-3-9-20-31/h1-27H. The minimum Gasteiger partial charge on any atom is -0.455 e. The molecule has 0 fully saturated rings. The van der Waals surface area contributed by atoms with Gasteiger partial charge in [0.2, 0.25) is 0 Å². The smallest absolute Gasteiger partial charge is 0.161 e. The van der Waals surface area contributed by atoms with Crippen molar-refractivity contribution in [2.24, 2.45) is 0 Å². The summed E-state index contributed by atoms with van der Waals surface area (Å²) >= 11 is 0. The summed E-state index contributed by atoms with van der Waals surface area (Å²) in [4.78, 5) is 12.7. The number of hydrogen-bond acceptors (Lipinski definition) is 4. The summed E-state index contributed by atoms with van der Waals surface area (Å²) in [6.07, 6.45) is 0. The van der Waals surface area contributed by atoms with Crippen molar-refractivity contribution in [3.05, 3.63) is 164 Å². The van der Waals surface area contributed by atoms with Crippen molar-refractivity contribution in [2.75, 3.05) is 4.90 Å². The average molecular weight is 590 g/mol. The third kappa shape index (κ3) is 4.31. The van der Waals surface area contributed by atoms with Crippen molar-refractivity contribution in [3.8, 4) is 22.6 Å². The van der Waals surface area contributed by atoms with Crippen molar-refractivity contribution in [3.63, 3.8) is 0 Å². The van der Waals surface area contributed by atoms with Gasteiger partial charge in [-0.1, -0.05) is 109 Å². The molecule has 46 heavy (non-hydrogen) atoms. The number of rotatable bonds is 5. The number of aromatic nitrogens is 2. The molecule has 0 aliphatic rings. The molecule has 7 aromatic carbocycles. The molecule has 0 atom stereocenters. The van der Waals surface area contributed by atoms with Gasteiger partial charge in [-0.25, -0.2) is 9.97 Å². The Balaban J connectivity index is 1.36. The van der Waals surface area contributed by atoms with Crippen LogP contribution in [-0.4, -0.2) is 9.97 Å². The third-order valence-corrected chi connectivity index (χ3v) is 8.62. The molecule has 0 N–H and O–H groups in total. The van der Waals surface area contributed by atoms with E-state index >= 15 is 0 Å². The van der Waals surface area contributed by atoms with Gasteiger partial charge in [0.05, 0.1) is 11.2 Å². The van der Waals surface area contributed by atoms with E-state index in [1.165, 1.54) is 0 Å². The van der Waals surface area contributed by atoms with E-state index in [0.717, 1.165) is 77.5 Å². The van der Waals surface area contributed by atoms with Crippen LogP contribution < -0.4 is 4.90 Å². The Morgan fingerprint density at radius 3 is 1.85 bits per heavy atom. The summed E-state index contributed by atoms with van der Waals surface area (Å²) in [7, 11) is 0. The Bertz CT molecular complexity index is 2480. The fraction of sp³-hybridized carbons (Fsp3) is 0. The molecule has 0 unspecified atom stereocenters. The molecule has 9 rings (SSSR count). The minimum absolute atomic E-state index is 0.671. The molecule has 2 heterocycles. The van der Waals surface area contributed by atoms with Crippen LogP contribution in [-0.2, 0) is 0 Å². The van der Waals surface area contributed by atoms with E-state index in [4.69, 9.17) is 14.4 Å². The molecule has 0 bridgehead atoms. The number of anilines is 3. The number of para-hydroxylation sites is 3. The highest BCUT2D eigenvalue weighted by atomic mass is 16.3. The Hall–Kier alpha value is -6.26. The first-order chi connectivity index (χ1) is 22.8. The van der Waals surface area contributed by atoms with Gasteiger partial charge in [0, 0.05) is 49.7 Å². The van der Waals surface area contributed by atoms with Gasteiger partial charge in [-0.15, -0.1) is 0 Å². The second-order valence-electron chi connectivity index (χ2n) is 11.4. The highest BCUT2D eigenvalue weighted by Crippen LogP contribution is 2.44. The lowest BCUT2D eigenvalue weighted by Gasteiger charge is -2.25. The van der Waals surface area contributed by atoms with Crippen LogP contribution in [0.3, 0.4) is 0 Å². The van der Waals surface area contributed by atoms with Gasteiger partial charge in [-0.05, 0) is 60.0 Å². The van der Waals surface area contributed by atoms with Gasteiger partial charge < -0.3 is 9.32 Å². The van der Waals surface area contributed by atoms with Crippen LogP contribution in [0.2, 0.25) is 0 Å². The quantitative estimate of drug-likeness (QED) is 0.200. The van der Waals surface area contributed by atoms with Crippen LogP contribution in [0.4, 0.5) is 17.1 Å². The maximum atomic E-state index is 6.70. The number of furan rings is 1. The molecule has 0 amide bonds. The van der Waals surface area contributed by atoms with E-state index in [1.807, 2.05) is 30.3 Å². The Morgan fingerprint density at radius 2 is 1.11 bits per heavy atom. The summed E-state index contributed by atoms with van der Waals surface area (Å²) < 4.78 is 6.70. The minimum atomic E-state index is 0.671. The molecule has 0 radical (unpaired) electrons. The van der Waals surface area contributed by atoms with E-state index in [0.29, 0.717) is 5.82 Å². The van der Waals surface area contributed by atoms with Gasteiger partial charge in [-0.3, -0.25) is 0 Å². The van der Waals surface area contributed by atoms with E-state index < -0.39 is 0 Å². The van der Waals surface area contributed by atoms with Crippen LogP contribution in [0, 0.1) is 0 Å². The molecule has 216 valence electrons. The van der Waals surface area contributed by atoms with Crippen molar-refractivity contribution in [2.45, 2.75) is 0 Å². The number of nitrogens with zero attached hydrogens (tertiary/aromatic N) is 3. The largest absolute Gasteiger partial charge is 0.455 e. The van der Waals surface area contributed by atoms with Crippen LogP contribution >= 0.6 is 0 Å². The van der Waals surface area contributed by atoms with Crippen LogP contribution in [0.5, 0.6) is 0 Å². The topological polar surface area (TPSA) is 42.2 Å². The summed E-state index contributed by atoms with van der Waals surface area (Å²) in [5.74, 6) is 0.671. The van der Waals surface area contributed by atoms with Crippen molar-refractivity contribution in [1.82, 2.24) is 9.97 Å². The van der Waals surface area contributed by atoms with Crippen LogP contribution in [0.1, 0.15) is 0 Å². The lowest BCUT2D eigenvalue weighted by Crippen LogP contribution is -2.09. The number of hydrogen-bond donors (Lipinski definition) is 0. The molecule has 4 nitrogen and oxygen atoms in total. The third-order valence-electron chi connectivity index (χ3n) is 8.62. The molecular formula is C42H27N3O. The number of fused-ring (bicyclic) bond motifs is 6. The second kappa shape index (κ2) is 10.7. The van der Waals surface area contributed by atoms with Crippen molar-refractivity contribution in [1.29, 1.82) is 0 Å². The Labute approximate surface area is 265 Å². The predicted octanol–water partition coefficient (Wildman–Crippen LogP) is 11.5. The van der Waals surface area contributed by atoms with Gasteiger partial charge in [0.15, 0.2) is 5.82 Å². The van der Waals surface area contributed by atoms with Gasteiger partial charge >= 0.3 is 0 Å². The van der Waals surface area contributed by atoms with E-state index in [9.17, 15) is 0 Å². The summed E-state index contributed by atoms with van der Waals surface area (Å²) in [6.45, 7) is 0. The summed E-state index contributed by atoms with van der Waals surface area (Å²) in [6, 6.07) is 56.6. The lowest BCUT2D eigenvalue weighted by molar-refractivity contribution is 0.672. The summed E-state index contributed by atoms with van der Waals surface area (Å²) in [5, 5.41) is 5.19. The van der Waals surface area contributed by atoms with E-state index in [1.54, 1.807) is 0 Å². The molecule has 0 aliphatic carbocycles. The molecule has 0 saturated carbocycles. The molecule has 9 aromatic rings. The van der Waals surface area contributed by atoms with Gasteiger partial charge in [-0.2, -0.15) is 0 Å². The Kier molecular flexibility index (Phi) is 6.10. The highest BCUT2D eigenvalue weighted by Gasteiger charge is 2.21. The zero-order chi connectivity index (χ0) is 30.5. The Morgan fingerprint density at radius 1 is 0.478 bits per heavy atom. The molecule has 4 heteroatoms. The summed E-state index contributed by atoms with van der Waals surface area (Å²) in [5.41, 5.74) is 8.67. The normalized spacial score (nSPS) is 11.5. The maximum Gasteiger partial charge on any atom is 0.161 e.